The minimum absolute atomic E-state index is 0.0126. The first kappa shape index (κ1) is 32.3. The monoisotopic (exact) mass is 654 g/mol. The number of thioether (sulfide) groups is 1. The summed E-state index contributed by atoms with van der Waals surface area (Å²) in [5.74, 6) is -0.758. The van der Waals surface area contributed by atoms with Crippen LogP contribution in [0.15, 0.2) is 72.8 Å². The maximum atomic E-state index is 13.6. The Balaban J connectivity index is 1.19. The van der Waals surface area contributed by atoms with Gasteiger partial charge in [-0.2, -0.15) is 0 Å². The molecule has 0 spiro atoms. The van der Waals surface area contributed by atoms with Crippen LogP contribution in [0.2, 0.25) is 10.0 Å². The van der Waals surface area contributed by atoms with Crippen molar-refractivity contribution in [1.29, 1.82) is 0 Å². The van der Waals surface area contributed by atoms with Crippen LogP contribution in [0.25, 0.3) is 11.1 Å². The Morgan fingerprint density at radius 1 is 0.909 bits per heavy atom. The SMILES string of the molecule is O=C(C[C@H]1S[C@H](c2ccc(Cl)cc2Cl)N(CC(=O)NCCCN2CCOCC2)C1=O)NCc1cccc(-c2ccccc2)c1. The Bertz CT molecular complexity index is 1450. The van der Waals surface area contributed by atoms with Gasteiger partial charge < -0.3 is 20.3 Å². The van der Waals surface area contributed by atoms with Crippen molar-refractivity contribution >= 4 is 52.7 Å². The first-order valence-electron chi connectivity index (χ1n) is 14.8. The smallest absolute Gasteiger partial charge is 0.239 e. The Hall–Kier alpha value is -3.08. The van der Waals surface area contributed by atoms with E-state index in [1.807, 2.05) is 54.6 Å². The van der Waals surface area contributed by atoms with Crippen molar-refractivity contribution in [2.45, 2.75) is 30.0 Å². The largest absolute Gasteiger partial charge is 0.379 e. The molecule has 5 rings (SSSR count). The van der Waals surface area contributed by atoms with E-state index in [-0.39, 0.29) is 30.7 Å². The summed E-state index contributed by atoms with van der Waals surface area (Å²) in [6.45, 7) is 4.85. The molecule has 0 unspecified atom stereocenters. The highest BCUT2D eigenvalue weighted by Gasteiger charge is 2.43. The number of rotatable bonds is 12. The van der Waals surface area contributed by atoms with Crippen LogP contribution in [0, 0.1) is 0 Å². The second kappa shape index (κ2) is 15.8. The van der Waals surface area contributed by atoms with Gasteiger partial charge >= 0.3 is 0 Å². The van der Waals surface area contributed by atoms with Crippen LogP contribution in [0.3, 0.4) is 0 Å². The van der Waals surface area contributed by atoms with Gasteiger partial charge in [0.15, 0.2) is 0 Å². The number of nitrogens with zero attached hydrogens (tertiary/aromatic N) is 2. The molecule has 0 bridgehead atoms. The Labute approximate surface area is 272 Å². The van der Waals surface area contributed by atoms with E-state index in [1.165, 1.54) is 16.7 Å². The number of halogens is 2. The highest BCUT2D eigenvalue weighted by molar-refractivity contribution is 8.01. The molecule has 3 aromatic carbocycles. The van der Waals surface area contributed by atoms with Gasteiger partial charge in [0.2, 0.25) is 17.7 Å². The van der Waals surface area contributed by atoms with Gasteiger partial charge in [-0.1, -0.05) is 77.8 Å². The lowest BCUT2D eigenvalue weighted by atomic mass is 10.0. The number of nitrogens with one attached hydrogen (secondary N) is 2. The number of hydrogen-bond donors (Lipinski definition) is 2. The van der Waals surface area contributed by atoms with Crippen molar-refractivity contribution in [3.63, 3.8) is 0 Å². The molecule has 44 heavy (non-hydrogen) atoms. The topological polar surface area (TPSA) is 91.0 Å². The van der Waals surface area contributed by atoms with Gasteiger partial charge in [-0.25, -0.2) is 0 Å². The van der Waals surface area contributed by atoms with Gasteiger partial charge in [-0.05, 0) is 47.9 Å². The van der Waals surface area contributed by atoms with Crippen LogP contribution >= 0.6 is 35.0 Å². The third-order valence-electron chi connectivity index (χ3n) is 7.65. The molecule has 2 saturated heterocycles. The van der Waals surface area contributed by atoms with E-state index in [4.69, 9.17) is 27.9 Å². The minimum Gasteiger partial charge on any atom is -0.379 e. The average Bonchev–Trinajstić information content (AvgIpc) is 3.33. The van der Waals surface area contributed by atoms with Crippen molar-refractivity contribution in [3.8, 4) is 11.1 Å². The van der Waals surface area contributed by atoms with Gasteiger partial charge in [0, 0.05) is 48.2 Å². The van der Waals surface area contributed by atoms with Gasteiger partial charge in [0.1, 0.15) is 11.9 Å². The molecular formula is C33H36Cl2N4O4S. The number of amides is 3. The Morgan fingerprint density at radius 3 is 2.45 bits per heavy atom. The highest BCUT2D eigenvalue weighted by atomic mass is 35.5. The van der Waals surface area contributed by atoms with Crippen LogP contribution in [-0.2, 0) is 25.7 Å². The molecule has 3 amide bonds. The van der Waals surface area contributed by atoms with Crippen LogP contribution in [-0.4, -0.2) is 78.7 Å². The zero-order valence-electron chi connectivity index (χ0n) is 24.3. The lowest BCUT2D eigenvalue weighted by molar-refractivity contribution is -0.136. The predicted molar refractivity (Wildman–Crippen MR) is 176 cm³/mol. The maximum Gasteiger partial charge on any atom is 0.239 e. The summed E-state index contributed by atoms with van der Waals surface area (Å²) in [7, 11) is 0. The van der Waals surface area contributed by atoms with Crippen molar-refractivity contribution in [3.05, 3.63) is 94.0 Å². The number of carbonyl (C=O) groups is 3. The molecular weight excluding hydrogens is 619 g/mol. The van der Waals surface area contributed by atoms with E-state index in [0.717, 1.165) is 56.0 Å². The molecule has 0 saturated carbocycles. The zero-order valence-corrected chi connectivity index (χ0v) is 26.7. The van der Waals surface area contributed by atoms with Crippen molar-refractivity contribution < 1.29 is 19.1 Å². The molecule has 3 aromatic rings. The number of hydrogen-bond acceptors (Lipinski definition) is 6. The number of carbonyl (C=O) groups excluding carboxylic acids is 3. The zero-order chi connectivity index (χ0) is 30.9. The summed E-state index contributed by atoms with van der Waals surface area (Å²) < 4.78 is 5.38. The summed E-state index contributed by atoms with van der Waals surface area (Å²) in [6.07, 6.45) is 0.791. The quantitative estimate of drug-likeness (QED) is 0.263. The van der Waals surface area contributed by atoms with Crippen molar-refractivity contribution in [2.75, 3.05) is 45.9 Å². The first-order chi connectivity index (χ1) is 21.4. The Morgan fingerprint density at radius 2 is 1.68 bits per heavy atom. The fourth-order valence-electron chi connectivity index (χ4n) is 5.33. The van der Waals surface area contributed by atoms with Gasteiger partial charge in [0.25, 0.3) is 0 Å². The molecule has 0 aromatic heterocycles. The lowest BCUT2D eigenvalue weighted by Gasteiger charge is -2.26. The molecule has 2 N–H and O–H groups in total. The van der Waals surface area contributed by atoms with Crippen molar-refractivity contribution in [2.24, 2.45) is 0 Å². The summed E-state index contributed by atoms with van der Waals surface area (Å²) in [6, 6.07) is 23.1. The fourth-order valence-corrected chi connectivity index (χ4v) is 7.39. The van der Waals surface area contributed by atoms with Gasteiger partial charge in [-0.15, -0.1) is 11.8 Å². The van der Waals surface area contributed by atoms with E-state index < -0.39 is 10.6 Å². The molecule has 2 aliphatic rings. The first-order valence-corrected chi connectivity index (χ1v) is 16.5. The lowest BCUT2D eigenvalue weighted by Crippen LogP contribution is -2.42. The third-order valence-corrected chi connectivity index (χ3v) is 9.67. The molecule has 2 atom stereocenters. The van der Waals surface area contributed by atoms with E-state index in [2.05, 4.69) is 15.5 Å². The second-order valence-corrected chi connectivity index (χ2v) is 12.9. The standard InChI is InChI=1S/C33H36Cl2N4O4S/c34-26-10-11-27(28(35)19-26)33-39(22-31(41)36-12-5-13-38-14-16-43-17-15-38)32(42)29(44-33)20-30(40)37-21-23-6-4-9-25(18-23)24-7-2-1-3-8-24/h1-4,6-11,18-19,29,33H,5,12-17,20-22H2,(H,36,41)(H,37,40)/t29-,33-/m1/s1. The minimum atomic E-state index is -0.656. The van der Waals surface area contributed by atoms with Crippen LogP contribution in [0.5, 0.6) is 0 Å². The summed E-state index contributed by atoms with van der Waals surface area (Å²) in [5.41, 5.74) is 3.80. The van der Waals surface area contributed by atoms with Crippen molar-refractivity contribution in [1.82, 2.24) is 20.4 Å². The molecule has 0 aliphatic carbocycles. The van der Waals surface area contributed by atoms with E-state index in [1.54, 1.807) is 18.2 Å². The van der Waals surface area contributed by atoms with Crippen LogP contribution in [0.4, 0.5) is 0 Å². The van der Waals surface area contributed by atoms with E-state index >= 15 is 0 Å². The predicted octanol–water partition coefficient (Wildman–Crippen LogP) is 5.15. The Kier molecular flexibility index (Phi) is 11.6. The second-order valence-electron chi connectivity index (χ2n) is 10.8. The normalized spacial score (nSPS) is 18.8. The molecule has 2 heterocycles. The molecule has 2 fully saturated rings. The van der Waals surface area contributed by atoms with Gasteiger partial charge in [-0.3, -0.25) is 19.3 Å². The number of benzene rings is 3. The average molecular weight is 656 g/mol. The molecule has 8 nitrogen and oxygen atoms in total. The third kappa shape index (κ3) is 8.76. The van der Waals surface area contributed by atoms with E-state index in [9.17, 15) is 14.4 Å². The summed E-state index contributed by atoms with van der Waals surface area (Å²) in [5, 5.41) is 5.60. The van der Waals surface area contributed by atoms with E-state index in [0.29, 0.717) is 28.7 Å². The summed E-state index contributed by atoms with van der Waals surface area (Å²) >= 11 is 14.0. The highest BCUT2D eigenvalue weighted by Crippen LogP contribution is 2.46. The molecule has 0 radical (unpaired) electrons. The number of ether oxygens (including phenoxy) is 1. The van der Waals surface area contributed by atoms with Crippen LogP contribution in [0.1, 0.15) is 29.3 Å². The molecule has 11 heteroatoms. The maximum absolute atomic E-state index is 13.6. The van der Waals surface area contributed by atoms with Crippen LogP contribution < -0.4 is 10.6 Å². The number of morpholine rings is 1. The fraction of sp³-hybridized carbons (Fsp3) is 0.364. The van der Waals surface area contributed by atoms with Gasteiger partial charge in [0.05, 0.1) is 18.5 Å². The molecule has 2 aliphatic heterocycles. The summed E-state index contributed by atoms with van der Waals surface area (Å²) in [4.78, 5) is 43.4. The molecule has 232 valence electrons.